The number of carbonyl (C=O) groups excluding carboxylic acids is 2. The molecule has 2 amide bonds. The molecule has 27 heavy (non-hydrogen) atoms. The van der Waals surface area contributed by atoms with Crippen molar-refractivity contribution in [1.82, 2.24) is 20.5 Å². The Morgan fingerprint density at radius 2 is 1.96 bits per heavy atom. The van der Waals surface area contributed by atoms with Crippen LogP contribution in [0.5, 0.6) is 0 Å². The lowest BCUT2D eigenvalue weighted by atomic mass is 10.2. The van der Waals surface area contributed by atoms with E-state index in [2.05, 4.69) is 25.4 Å². The number of pyridine rings is 1. The van der Waals surface area contributed by atoms with Crippen molar-refractivity contribution in [2.24, 2.45) is 0 Å². The van der Waals surface area contributed by atoms with Crippen molar-refractivity contribution in [3.8, 4) is 0 Å². The first kappa shape index (κ1) is 19.6. The highest BCUT2D eigenvalue weighted by Gasteiger charge is 2.27. The number of aryl methyl sites for hydroxylation is 1. The van der Waals surface area contributed by atoms with Crippen LogP contribution in [-0.4, -0.2) is 67.5 Å². The minimum atomic E-state index is -0.104. The molecular formula is C19H27N5O2S. The third kappa shape index (κ3) is 4.22. The molecule has 8 heteroatoms. The summed E-state index contributed by atoms with van der Waals surface area (Å²) < 4.78 is 1.06. The second-order valence-corrected chi connectivity index (χ2v) is 8.15. The van der Waals surface area contributed by atoms with E-state index >= 15 is 0 Å². The van der Waals surface area contributed by atoms with Gasteiger partial charge in [0.2, 0.25) is 5.91 Å². The average molecular weight is 390 g/mol. The lowest BCUT2D eigenvalue weighted by Crippen LogP contribution is -2.50. The molecule has 0 aromatic carbocycles. The van der Waals surface area contributed by atoms with E-state index in [1.807, 2.05) is 26.8 Å². The number of hydrogen-bond acceptors (Lipinski definition) is 6. The zero-order valence-corrected chi connectivity index (χ0v) is 17.2. The summed E-state index contributed by atoms with van der Waals surface area (Å²) >= 11 is 1.63. The lowest BCUT2D eigenvalue weighted by molar-refractivity contribution is -0.122. The largest absolute Gasteiger partial charge is 0.360 e. The Balaban J connectivity index is 1.78. The third-order valence-corrected chi connectivity index (χ3v) is 6.06. The molecule has 0 radical (unpaired) electrons. The normalized spacial score (nSPS) is 15.4. The summed E-state index contributed by atoms with van der Waals surface area (Å²) in [7, 11) is 1.65. The van der Waals surface area contributed by atoms with Crippen molar-refractivity contribution in [2.45, 2.75) is 26.8 Å². The summed E-state index contributed by atoms with van der Waals surface area (Å²) in [5.74, 6) is -0.0423. The van der Waals surface area contributed by atoms with E-state index in [1.165, 1.54) is 0 Å². The molecule has 0 unspecified atom stereocenters. The van der Waals surface area contributed by atoms with Gasteiger partial charge in [-0.3, -0.25) is 19.5 Å². The number of fused-ring (bicyclic) bond motifs is 1. The second kappa shape index (κ2) is 8.22. The van der Waals surface area contributed by atoms with Crippen LogP contribution in [-0.2, 0) is 4.79 Å². The molecule has 0 bridgehead atoms. The maximum absolute atomic E-state index is 12.5. The summed E-state index contributed by atoms with van der Waals surface area (Å²) in [5, 5.41) is 6.65. The van der Waals surface area contributed by atoms with Crippen LogP contribution in [0.4, 0.5) is 5.00 Å². The fraction of sp³-hybridized carbons (Fsp3) is 0.526. The van der Waals surface area contributed by atoms with Crippen molar-refractivity contribution in [3.05, 3.63) is 23.4 Å². The molecule has 2 aromatic heterocycles. The summed E-state index contributed by atoms with van der Waals surface area (Å²) in [6, 6.07) is 2.13. The van der Waals surface area contributed by atoms with Crippen molar-refractivity contribution >= 4 is 38.4 Å². The van der Waals surface area contributed by atoms with Crippen LogP contribution in [0, 0.1) is 6.92 Å². The molecule has 1 saturated heterocycles. The number of piperazine rings is 1. The van der Waals surface area contributed by atoms with E-state index in [4.69, 9.17) is 0 Å². The molecule has 0 spiro atoms. The predicted molar refractivity (Wildman–Crippen MR) is 110 cm³/mol. The Morgan fingerprint density at radius 3 is 2.59 bits per heavy atom. The number of nitrogens with zero attached hydrogens (tertiary/aromatic N) is 3. The van der Waals surface area contributed by atoms with Crippen molar-refractivity contribution in [2.75, 3.05) is 44.7 Å². The van der Waals surface area contributed by atoms with E-state index in [0.717, 1.165) is 47.0 Å². The summed E-state index contributed by atoms with van der Waals surface area (Å²) in [5.41, 5.74) is 2.56. The molecular weight excluding hydrogens is 362 g/mol. The van der Waals surface area contributed by atoms with Gasteiger partial charge in [0.05, 0.1) is 16.8 Å². The molecule has 0 aliphatic carbocycles. The Labute approximate surface area is 163 Å². The number of thiophene rings is 1. The molecule has 2 aromatic rings. The number of carbonyl (C=O) groups is 2. The van der Waals surface area contributed by atoms with E-state index < -0.39 is 0 Å². The van der Waals surface area contributed by atoms with Crippen LogP contribution in [0.3, 0.4) is 0 Å². The smallest absolute Gasteiger partial charge is 0.256 e. The highest BCUT2D eigenvalue weighted by molar-refractivity contribution is 7.23. The molecule has 0 atom stereocenters. The van der Waals surface area contributed by atoms with Crippen molar-refractivity contribution < 1.29 is 9.59 Å². The van der Waals surface area contributed by atoms with E-state index in [-0.39, 0.29) is 17.9 Å². The monoisotopic (exact) mass is 389 g/mol. The minimum absolute atomic E-state index is 0.0613. The minimum Gasteiger partial charge on any atom is -0.360 e. The second-order valence-electron chi connectivity index (χ2n) is 7.15. The Morgan fingerprint density at radius 1 is 1.26 bits per heavy atom. The van der Waals surface area contributed by atoms with Gasteiger partial charge in [-0.15, -0.1) is 11.3 Å². The van der Waals surface area contributed by atoms with Gasteiger partial charge in [0.25, 0.3) is 5.91 Å². The van der Waals surface area contributed by atoms with Crippen molar-refractivity contribution in [1.29, 1.82) is 0 Å². The van der Waals surface area contributed by atoms with Gasteiger partial charge in [-0.1, -0.05) is 0 Å². The standard InChI is InChI=1S/C19H27N5O2S/c1-12(2)22-14(25)11-23-7-9-24(10-8-23)19-15(18(26)20-4)16-17(27-19)13(3)5-6-21-16/h5-6,12H,7-11H2,1-4H3,(H,20,26)(H,22,25). The molecule has 0 saturated carbocycles. The zero-order valence-electron chi connectivity index (χ0n) is 16.3. The van der Waals surface area contributed by atoms with Gasteiger partial charge in [0.1, 0.15) is 10.6 Å². The molecule has 1 aliphatic heterocycles. The summed E-state index contributed by atoms with van der Waals surface area (Å²) in [6.07, 6.45) is 1.76. The van der Waals surface area contributed by atoms with Crippen LogP contribution in [0.1, 0.15) is 29.8 Å². The van der Waals surface area contributed by atoms with Crippen LogP contribution in [0.15, 0.2) is 12.3 Å². The Hall–Kier alpha value is -2.19. The Kier molecular flexibility index (Phi) is 5.96. The van der Waals surface area contributed by atoms with Gasteiger partial charge >= 0.3 is 0 Å². The van der Waals surface area contributed by atoms with E-state index in [9.17, 15) is 9.59 Å². The van der Waals surface area contributed by atoms with Gasteiger partial charge in [-0.2, -0.15) is 0 Å². The molecule has 146 valence electrons. The van der Waals surface area contributed by atoms with Gasteiger partial charge in [-0.05, 0) is 32.4 Å². The summed E-state index contributed by atoms with van der Waals surface area (Å²) in [6.45, 7) is 9.54. The molecule has 3 heterocycles. The molecule has 1 fully saturated rings. The van der Waals surface area contributed by atoms with Crippen LogP contribution in [0.2, 0.25) is 0 Å². The van der Waals surface area contributed by atoms with Gasteiger partial charge in [-0.25, -0.2) is 0 Å². The molecule has 3 rings (SSSR count). The highest BCUT2D eigenvalue weighted by atomic mass is 32.1. The Bertz CT molecular complexity index is 840. The maximum Gasteiger partial charge on any atom is 0.256 e. The van der Waals surface area contributed by atoms with E-state index in [1.54, 1.807) is 24.6 Å². The first-order chi connectivity index (χ1) is 12.9. The fourth-order valence-corrected chi connectivity index (χ4v) is 4.61. The number of rotatable bonds is 5. The van der Waals surface area contributed by atoms with Crippen molar-refractivity contribution in [3.63, 3.8) is 0 Å². The zero-order chi connectivity index (χ0) is 19.6. The molecule has 2 N–H and O–H groups in total. The average Bonchev–Trinajstić information content (AvgIpc) is 3.02. The SMILES string of the molecule is CNC(=O)c1c(N2CCN(CC(=O)NC(C)C)CC2)sc2c(C)ccnc12. The lowest BCUT2D eigenvalue weighted by Gasteiger charge is -2.35. The third-order valence-electron chi connectivity index (χ3n) is 4.68. The van der Waals surface area contributed by atoms with Gasteiger partial charge in [0, 0.05) is 45.5 Å². The molecule has 1 aliphatic rings. The van der Waals surface area contributed by atoms with Crippen LogP contribution in [0.25, 0.3) is 10.2 Å². The van der Waals surface area contributed by atoms with Crippen LogP contribution < -0.4 is 15.5 Å². The number of nitrogens with one attached hydrogen (secondary N) is 2. The number of amides is 2. The highest BCUT2D eigenvalue weighted by Crippen LogP contribution is 2.39. The molecule has 7 nitrogen and oxygen atoms in total. The summed E-state index contributed by atoms with van der Waals surface area (Å²) in [4.78, 5) is 33.4. The van der Waals surface area contributed by atoms with Gasteiger partial charge in [0.15, 0.2) is 0 Å². The predicted octanol–water partition coefficient (Wildman–Crippen LogP) is 1.61. The fourth-order valence-electron chi connectivity index (χ4n) is 3.33. The quantitative estimate of drug-likeness (QED) is 0.812. The van der Waals surface area contributed by atoms with Crippen LogP contribution >= 0.6 is 11.3 Å². The number of anilines is 1. The number of aromatic nitrogens is 1. The first-order valence-corrected chi connectivity index (χ1v) is 10.1. The topological polar surface area (TPSA) is 77.6 Å². The number of hydrogen-bond donors (Lipinski definition) is 2. The maximum atomic E-state index is 12.5. The van der Waals surface area contributed by atoms with E-state index in [0.29, 0.717) is 12.1 Å². The first-order valence-electron chi connectivity index (χ1n) is 9.27. The van der Waals surface area contributed by atoms with Gasteiger partial charge < -0.3 is 15.5 Å².